The molecule has 7 nitrogen and oxygen atoms in total. The van der Waals surface area contributed by atoms with Crippen molar-refractivity contribution in [2.24, 2.45) is 0 Å². The van der Waals surface area contributed by atoms with E-state index in [4.69, 9.17) is 0 Å². The Hall–Kier alpha value is -3.29. The van der Waals surface area contributed by atoms with E-state index >= 15 is 0 Å². The second kappa shape index (κ2) is 10.5. The number of carbonyl (C=O) groups excluding carboxylic acids is 3. The van der Waals surface area contributed by atoms with Crippen LogP contribution in [-0.4, -0.2) is 67.7 Å². The number of allylic oxidation sites excluding steroid dienone is 1. The average molecular weight is 406 g/mol. The lowest BCUT2D eigenvalue weighted by molar-refractivity contribution is -0.119. The van der Waals surface area contributed by atoms with Crippen molar-refractivity contribution in [3.05, 3.63) is 66.7 Å². The second-order valence-corrected chi connectivity index (χ2v) is 7.18. The van der Waals surface area contributed by atoms with Gasteiger partial charge >= 0.3 is 0 Å². The summed E-state index contributed by atoms with van der Waals surface area (Å²) in [6.45, 7) is 3.98. The van der Waals surface area contributed by atoms with Crippen LogP contribution < -0.4 is 10.2 Å². The van der Waals surface area contributed by atoms with Gasteiger partial charge in [-0.05, 0) is 49.5 Å². The van der Waals surface area contributed by atoms with Gasteiger partial charge < -0.3 is 10.2 Å². The molecule has 7 heteroatoms. The van der Waals surface area contributed by atoms with Crippen molar-refractivity contribution in [3.63, 3.8) is 0 Å². The molecule has 2 aromatic rings. The molecule has 0 bridgehead atoms. The predicted octanol–water partition coefficient (Wildman–Crippen LogP) is 2.29. The molecule has 2 aromatic carbocycles. The van der Waals surface area contributed by atoms with Crippen molar-refractivity contribution in [3.8, 4) is 0 Å². The molecule has 1 aliphatic rings. The van der Waals surface area contributed by atoms with Gasteiger partial charge in [-0.2, -0.15) is 0 Å². The number of carbonyl (C=O) groups is 3. The van der Waals surface area contributed by atoms with E-state index in [2.05, 4.69) is 22.2 Å². The van der Waals surface area contributed by atoms with Crippen LogP contribution in [0.5, 0.6) is 0 Å². The molecule has 30 heavy (non-hydrogen) atoms. The minimum atomic E-state index is -0.388. The highest BCUT2D eigenvalue weighted by molar-refractivity contribution is 6.03. The third-order valence-electron chi connectivity index (χ3n) is 4.94. The Labute approximate surface area is 176 Å². The standard InChI is InChI=1S/C23H26N4O3/c1-25-13-15-26(16-14-25)18-23(30)27(20-6-3-2-4-7-20)21-11-9-19(10-12-21)24-22(29)8-5-17-28/h2-12,17H,13-16,18H2,1H3,(H,24,29). The van der Waals surface area contributed by atoms with E-state index in [-0.39, 0.29) is 11.8 Å². The molecule has 3 rings (SSSR count). The number of benzene rings is 2. The summed E-state index contributed by atoms with van der Waals surface area (Å²) < 4.78 is 0. The van der Waals surface area contributed by atoms with E-state index in [9.17, 15) is 14.4 Å². The van der Waals surface area contributed by atoms with E-state index in [0.717, 1.165) is 49.7 Å². The van der Waals surface area contributed by atoms with E-state index < -0.39 is 0 Å². The molecule has 0 aliphatic carbocycles. The summed E-state index contributed by atoms with van der Waals surface area (Å²) in [7, 11) is 2.09. The first-order valence-electron chi connectivity index (χ1n) is 9.88. The molecule has 0 saturated carbocycles. The maximum Gasteiger partial charge on any atom is 0.248 e. The van der Waals surface area contributed by atoms with Gasteiger partial charge in [0.25, 0.3) is 0 Å². The van der Waals surface area contributed by atoms with Crippen LogP contribution in [0, 0.1) is 0 Å². The number of para-hydroxylation sites is 1. The first-order chi connectivity index (χ1) is 14.6. The lowest BCUT2D eigenvalue weighted by atomic mass is 10.2. The molecule has 0 atom stereocenters. The number of piperazine rings is 1. The van der Waals surface area contributed by atoms with Crippen molar-refractivity contribution in [1.82, 2.24) is 9.80 Å². The Balaban J connectivity index is 1.77. The highest BCUT2D eigenvalue weighted by Gasteiger charge is 2.22. The highest BCUT2D eigenvalue weighted by atomic mass is 16.2. The number of hydrogen-bond acceptors (Lipinski definition) is 5. The van der Waals surface area contributed by atoms with E-state index in [1.165, 1.54) is 0 Å². The number of amides is 2. The Morgan fingerprint density at radius 3 is 2.23 bits per heavy atom. The smallest absolute Gasteiger partial charge is 0.248 e. The Bertz CT molecular complexity index is 888. The molecular weight excluding hydrogens is 380 g/mol. The van der Waals surface area contributed by atoms with Crippen LogP contribution in [0.15, 0.2) is 66.7 Å². The second-order valence-electron chi connectivity index (χ2n) is 7.18. The molecule has 1 heterocycles. The van der Waals surface area contributed by atoms with Crippen LogP contribution in [-0.2, 0) is 14.4 Å². The van der Waals surface area contributed by atoms with Gasteiger partial charge in [0.05, 0.1) is 6.54 Å². The summed E-state index contributed by atoms with van der Waals surface area (Å²) in [6, 6.07) is 16.6. The molecule has 0 radical (unpaired) electrons. The quantitative estimate of drug-likeness (QED) is 0.564. The lowest BCUT2D eigenvalue weighted by Crippen LogP contribution is -2.48. The number of nitrogens with one attached hydrogen (secondary N) is 1. The molecule has 1 aliphatic heterocycles. The largest absolute Gasteiger partial charge is 0.323 e. The summed E-state index contributed by atoms with van der Waals surface area (Å²) >= 11 is 0. The molecule has 2 amide bonds. The van der Waals surface area contributed by atoms with Crippen molar-refractivity contribution < 1.29 is 14.4 Å². The third kappa shape index (κ3) is 5.85. The average Bonchev–Trinajstić information content (AvgIpc) is 2.76. The van der Waals surface area contributed by atoms with Crippen molar-refractivity contribution in [2.75, 3.05) is 50.0 Å². The van der Waals surface area contributed by atoms with Crippen LogP contribution in [0.3, 0.4) is 0 Å². The number of anilines is 3. The molecule has 0 aromatic heterocycles. The zero-order valence-corrected chi connectivity index (χ0v) is 17.0. The van der Waals surface area contributed by atoms with Gasteiger partial charge in [-0.3, -0.25) is 24.2 Å². The summed E-state index contributed by atoms with van der Waals surface area (Å²) in [5.41, 5.74) is 2.10. The monoisotopic (exact) mass is 406 g/mol. The molecule has 1 N–H and O–H groups in total. The van der Waals surface area contributed by atoms with Crippen LogP contribution >= 0.6 is 0 Å². The fraction of sp³-hybridized carbons (Fsp3) is 0.261. The Kier molecular flexibility index (Phi) is 7.48. The predicted molar refractivity (Wildman–Crippen MR) is 118 cm³/mol. The van der Waals surface area contributed by atoms with Gasteiger partial charge in [0.1, 0.15) is 6.29 Å². The van der Waals surface area contributed by atoms with Gasteiger partial charge in [0, 0.05) is 49.3 Å². The third-order valence-corrected chi connectivity index (χ3v) is 4.94. The Morgan fingerprint density at radius 2 is 1.60 bits per heavy atom. The molecule has 0 unspecified atom stereocenters. The normalized spacial score (nSPS) is 15.1. The van der Waals surface area contributed by atoms with Gasteiger partial charge in [0.2, 0.25) is 11.8 Å². The van der Waals surface area contributed by atoms with Crippen LogP contribution in [0.25, 0.3) is 0 Å². The fourth-order valence-corrected chi connectivity index (χ4v) is 3.29. The van der Waals surface area contributed by atoms with Crippen molar-refractivity contribution >= 4 is 35.2 Å². The van der Waals surface area contributed by atoms with E-state index in [1.54, 1.807) is 29.2 Å². The van der Waals surface area contributed by atoms with Gasteiger partial charge in [-0.25, -0.2) is 0 Å². The Morgan fingerprint density at radius 1 is 0.967 bits per heavy atom. The summed E-state index contributed by atoms with van der Waals surface area (Å²) in [6.07, 6.45) is 2.85. The van der Waals surface area contributed by atoms with Crippen molar-refractivity contribution in [1.29, 1.82) is 0 Å². The topological polar surface area (TPSA) is 73.0 Å². The zero-order valence-electron chi connectivity index (χ0n) is 17.0. The summed E-state index contributed by atoms with van der Waals surface area (Å²) in [5, 5.41) is 2.68. The van der Waals surface area contributed by atoms with E-state index in [1.807, 2.05) is 30.3 Å². The number of aldehydes is 1. The lowest BCUT2D eigenvalue weighted by Gasteiger charge is -2.33. The van der Waals surface area contributed by atoms with Gasteiger partial charge in [-0.15, -0.1) is 0 Å². The molecule has 156 valence electrons. The molecule has 1 fully saturated rings. The first kappa shape index (κ1) is 21.4. The maximum atomic E-state index is 13.2. The van der Waals surface area contributed by atoms with E-state index in [0.29, 0.717) is 18.5 Å². The SMILES string of the molecule is CN1CCN(CC(=O)N(c2ccccc2)c2ccc(NC(=O)C=CC=O)cc2)CC1. The summed E-state index contributed by atoms with van der Waals surface area (Å²) in [5.74, 6) is -0.391. The fourth-order valence-electron chi connectivity index (χ4n) is 3.29. The molecule has 1 saturated heterocycles. The minimum Gasteiger partial charge on any atom is -0.323 e. The molecular formula is C23H26N4O3. The van der Waals surface area contributed by atoms with Crippen LogP contribution in [0.4, 0.5) is 17.1 Å². The zero-order chi connectivity index (χ0) is 21.3. The minimum absolute atomic E-state index is 0.00328. The summed E-state index contributed by atoms with van der Waals surface area (Å²) in [4.78, 5) is 41.4. The number of hydrogen-bond donors (Lipinski definition) is 1. The van der Waals surface area contributed by atoms with Gasteiger partial charge in [0.15, 0.2) is 0 Å². The van der Waals surface area contributed by atoms with Crippen LogP contribution in [0.2, 0.25) is 0 Å². The maximum absolute atomic E-state index is 13.2. The van der Waals surface area contributed by atoms with Crippen LogP contribution in [0.1, 0.15) is 0 Å². The number of likely N-dealkylation sites (N-methyl/N-ethyl adjacent to an activating group) is 1. The number of rotatable bonds is 7. The highest BCUT2D eigenvalue weighted by Crippen LogP contribution is 2.27. The first-order valence-corrected chi connectivity index (χ1v) is 9.88. The van der Waals surface area contributed by atoms with Crippen molar-refractivity contribution in [2.45, 2.75) is 0 Å². The van der Waals surface area contributed by atoms with Gasteiger partial charge in [-0.1, -0.05) is 18.2 Å². The number of nitrogens with zero attached hydrogens (tertiary/aromatic N) is 3. The molecule has 0 spiro atoms.